The number of halogens is 1. The number of nitriles is 1. The summed E-state index contributed by atoms with van der Waals surface area (Å²) in [5.41, 5.74) is 0.830. The normalized spacial score (nSPS) is 11.7. The molecule has 0 saturated heterocycles. The van der Waals surface area contributed by atoms with E-state index in [0.29, 0.717) is 10.2 Å². The van der Waals surface area contributed by atoms with Gasteiger partial charge in [-0.15, -0.1) is 10.2 Å². The Bertz CT molecular complexity index is 752. The maximum Gasteiger partial charge on any atom is 0.196 e. The molecule has 112 valence electrons. The summed E-state index contributed by atoms with van der Waals surface area (Å²) in [5.74, 6) is -1.27. The van der Waals surface area contributed by atoms with Crippen molar-refractivity contribution in [2.45, 2.75) is 12.1 Å². The van der Waals surface area contributed by atoms with Crippen LogP contribution in [0.3, 0.4) is 0 Å². The fourth-order valence-corrected chi connectivity index (χ4v) is 2.77. The lowest BCUT2D eigenvalue weighted by Crippen LogP contribution is -2.21. The number of ketones is 1. The maximum absolute atomic E-state index is 12.0. The van der Waals surface area contributed by atoms with Gasteiger partial charge in [0.1, 0.15) is 12.2 Å². The molecule has 1 heterocycles. The van der Waals surface area contributed by atoms with E-state index in [1.54, 1.807) is 22.8 Å². The summed E-state index contributed by atoms with van der Waals surface area (Å²) in [4.78, 5) is 12.0. The van der Waals surface area contributed by atoms with Crippen molar-refractivity contribution in [1.82, 2.24) is 14.8 Å². The van der Waals surface area contributed by atoms with E-state index in [-0.39, 0.29) is 17.2 Å². The van der Waals surface area contributed by atoms with Crippen molar-refractivity contribution in [3.05, 3.63) is 35.6 Å². The molecule has 0 amide bonds. The number of carbonyl (C=O) groups excluding carboxylic acids is 1. The SMILES string of the molecule is CC(=N)C(C#N)C(=O)CSc1nncn1-c1cccc(Cl)c1. The van der Waals surface area contributed by atoms with E-state index >= 15 is 0 Å². The van der Waals surface area contributed by atoms with Gasteiger partial charge in [-0.1, -0.05) is 29.4 Å². The average Bonchev–Trinajstić information content (AvgIpc) is 2.94. The topological polar surface area (TPSA) is 95.4 Å². The molecule has 0 radical (unpaired) electrons. The molecule has 6 nitrogen and oxygen atoms in total. The minimum atomic E-state index is -1.00. The molecule has 22 heavy (non-hydrogen) atoms. The largest absolute Gasteiger partial charge is 0.308 e. The number of thioether (sulfide) groups is 1. The molecule has 0 saturated carbocycles. The van der Waals surface area contributed by atoms with Gasteiger partial charge in [0.25, 0.3) is 0 Å². The highest BCUT2D eigenvalue weighted by molar-refractivity contribution is 7.99. The lowest BCUT2D eigenvalue weighted by Gasteiger charge is -2.08. The van der Waals surface area contributed by atoms with Gasteiger partial charge in [0.05, 0.1) is 17.5 Å². The maximum atomic E-state index is 12.0. The first-order valence-corrected chi connectivity index (χ1v) is 7.65. The lowest BCUT2D eigenvalue weighted by atomic mass is 10.0. The minimum absolute atomic E-state index is 0.0457. The van der Waals surface area contributed by atoms with E-state index < -0.39 is 5.92 Å². The fourth-order valence-electron chi connectivity index (χ4n) is 1.76. The number of nitrogens with one attached hydrogen (secondary N) is 1. The Balaban J connectivity index is 2.13. The van der Waals surface area contributed by atoms with Crippen LogP contribution in [0.4, 0.5) is 0 Å². The van der Waals surface area contributed by atoms with Gasteiger partial charge in [0.2, 0.25) is 0 Å². The summed E-state index contributed by atoms with van der Waals surface area (Å²) < 4.78 is 1.71. The predicted molar refractivity (Wildman–Crippen MR) is 84.6 cm³/mol. The first-order valence-electron chi connectivity index (χ1n) is 6.29. The number of rotatable bonds is 6. The average molecular weight is 334 g/mol. The third kappa shape index (κ3) is 3.72. The highest BCUT2D eigenvalue weighted by Crippen LogP contribution is 2.22. The molecule has 1 unspecified atom stereocenters. The molecule has 1 aromatic heterocycles. The van der Waals surface area contributed by atoms with Crippen LogP contribution in [0, 0.1) is 22.7 Å². The van der Waals surface area contributed by atoms with Gasteiger partial charge >= 0.3 is 0 Å². The lowest BCUT2D eigenvalue weighted by molar-refractivity contribution is -0.117. The monoisotopic (exact) mass is 333 g/mol. The van der Waals surface area contributed by atoms with Crippen molar-refractivity contribution in [3.63, 3.8) is 0 Å². The smallest absolute Gasteiger partial charge is 0.196 e. The first kappa shape index (κ1) is 16.2. The fraction of sp³-hybridized carbons (Fsp3) is 0.214. The van der Waals surface area contributed by atoms with Crippen molar-refractivity contribution in [2.75, 3.05) is 5.75 Å². The van der Waals surface area contributed by atoms with E-state index in [4.69, 9.17) is 22.3 Å². The van der Waals surface area contributed by atoms with E-state index in [2.05, 4.69) is 10.2 Å². The van der Waals surface area contributed by atoms with Gasteiger partial charge in [0, 0.05) is 10.7 Å². The van der Waals surface area contributed by atoms with Gasteiger partial charge in [0.15, 0.2) is 10.9 Å². The van der Waals surface area contributed by atoms with Crippen molar-refractivity contribution in [3.8, 4) is 11.8 Å². The summed E-state index contributed by atoms with van der Waals surface area (Å²) in [6.45, 7) is 1.45. The molecule has 0 bridgehead atoms. The first-order chi connectivity index (χ1) is 10.5. The number of aromatic nitrogens is 3. The summed E-state index contributed by atoms with van der Waals surface area (Å²) >= 11 is 7.13. The van der Waals surface area contributed by atoms with Crippen LogP contribution in [0.1, 0.15) is 6.92 Å². The van der Waals surface area contributed by atoms with Gasteiger partial charge in [-0.25, -0.2) is 0 Å². The minimum Gasteiger partial charge on any atom is -0.308 e. The number of hydrogen-bond donors (Lipinski definition) is 1. The Kier molecular flexibility index (Phi) is 5.31. The van der Waals surface area contributed by atoms with Crippen LogP contribution in [0.15, 0.2) is 35.7 Å². The molecule has 2 aromatic rings. The third-order valence-electron chi connectivity index (χ3n) is 2.83. The van der Waals surface area contributed by atoms with Crippen LogP contribution in [0.5, 0.6) is 0 Å². The van der Waals surface area contributed by atoms with Crippen LogP contribution in [-0.2, 0) is 4.79 Å². The number of hydrogen-bond acceptors (Lipinski definition) is 6. The van der Waals surface area contributed by atoms with E-state index in [9.17, 15) is 4.79 Å². The molecule has 0 aliphatic rings. The highest BCUT2D eigenvalue weighted by atomic mass is 35.5. The molecular weight excluding hydrogens is 322 g/mol. The second-order valence-corrected chi connectivity index (χ2v) is 5.84. The highest BCUT2D eigenvalue weighted by Gasteiger charge is 2.21. The van der Waals surface area contributed by atoms with Crippen molar-refractivity contribution >= 4 is 34.9 Å². The van der Waals surface area contributed by atoms with Gasteiger partial charge in [-0.3, -0.25) is 9.36 Å². The standard InChI is InChI=1S/C14H12ClN5OS/c1-9(17)12(6-16)13(21)7-22-14-19-18-8-20(14)11-4-2-3-10(15)5-11/h2-5,8,12,17H,7H2,1H3. The van der Waals surface area contributed by atoms with Crippen molar-refractivity contribution in [2.24, 2.45) is 5.92 Å². The molecule has 1 aromatic carbocycles. The summed E-state index contributed by atoms with van der Waals surface area (Å²) in [6, 6.07) is 9.01. The van der Waals surface area contributed by atoms with Gasteiger partial charge in [-0.05, 0) is 25.1 Å². The molecule has 1 N–H and O–H groups in total. The predicted octanol–water partition coefficient (Wildman–Crippen LogP) is 2.76. The third-order valence-corrected chi connectivity index (χ3v) is 4.03. The van der Waals surface area contributed by atoms with Crippen LogP contribution in [-0.4, -0.2) is 32.0 Å². The van der Waals surface area contributed by atoms with Gasteiger partial charge in [-0.2, -0.15) is 5.26 Å². The summed E-state index contributed by atoms with van der Waals surface area (Å²) in [7, 11) is 0. The Morgan fingerprint density at radius 2 is 2.36 bits per heavy atom. The van der Waals surface area contributed by atoms with Crippen LogP contribution >= 0.6 is 23.4 Å². The van der Waals surface area contributed by atoms with Crippen LogP contribution in [0.25, 0.3) is 5.69 Å². The van der Waals surface area contributed by atoms with Crippen LogP contribution < -0.4 is 0 Å². The zero-order chi connectivity index (χ0) is 16.1. The number of benzene rings is 1. The van der Waals surface area contributed by atoms with Crippen molar-refractivity contribution in [1.29, 1.82) is 10.7 Å². The Hall–Kier alpha value is -2.17. The molecule has 0 aliphatic heterocycles. The summed E-state index contributed by atoms with van der Waals surface area (Å²) in [6.07, 6.45) is 1.53. The Morgan fingerprint density at radius 1 is 1.59 bits per heavy atom. The molecule has 8 heteroatoms. The van der Waals surface area contributed by atoms with Gasteiger partial charge < -0.3 is 5.41 Å². The zero-order valence-electron chi connectivity index (χ0n) is 11.7. The Morgan fingerprint density at radius 3 is 3.00 bits per heavy atom. The molecule has 1 atom stereocenters. The molecule has 0 fully saturated rings. The van der Waals surface area contributed by atoms with Crippen LogP contribution in [0.2, 0.25) is 5.02 Å². The molecule has 0 aliphatic carbocycles. The van der Waals surface area contributed by atoms with E-state index in [0.717, 1.165) is 5.69 Å². The number of nitrogens with zero attached hydrogens (tertiary/aromatic N) is 4. The van der Waals surface area contributed by atoms with Crippen molar-refractivity contribution < 1.29 is 4.79 Å². The number of Topliss-reactive ketones (excluding diaryl/α,β-unsaturated/α-hetero) is 1. The number of carbonyl (C=O) groups is 1. The zero-order valence-corrected chi connectivity index (χ0v) is 13.2. The van der Waals surface area contributed by atoms with E-state index in [1.165, 1.54) is 25.0 Å². The Labute approximate surface area is 136 Å². The molecule has 0 spiro atoms. The van der Waals surface area contributed by atoms with E-state index in [1.807, 2.05) is 12.1 Å². The molecular formula is C14H12ClN5OS. The second-order valence-electron chi connectivity index (χ2n) is 4.46. The quantitative estimate of drug-likeness (QED) is 0.647. The summed E-state index contributed by atoms with van der Waals surface area (Å²) in [5, 5.41) is 25.3. The molecule has 2 rings (SSSR count). The second kappa shape index (κ2) is 7.20.